The summed E-state index contributed by atoms with van der Waals surface area (Å²) in [6, 6.07) is 5.66. The maximum atomic E-state index is 10.2. The Balaban J connectivity index is 2.11. The number of nitrogens with zero attached hydrogens (tertiary/aromatic N) is 2. The monoisotopic (exact) mass is 264 g/mol. The summed E-state index contributed by atoms with van der Waals surface area (Å²) in [6.45, 7) is 4.82. The summed E-state index contributed by atoms with van der Waals surface area (Å²) < 4.78 is 1.85. The normalized spacial score (nSPS) is 12.7. The van der Waals surface area contributed by atoms with E-state index >= 15 is 0 Å². The van der Waals surface area contributed by atoms with Gasteiger partial charge in [0.15, 0.2) is 0 Å². The molecule has 1 atom stereocenters. The molecule has 1 aromatic heterocycles. The van der Waals surface area contributed by atoms with Crippen molar-refractivity contribution in [1.29, 1.82) is 0 Å². The van der Waals surface area contributed by atoms with Gasteiger partial charge in [-0.05, 0) is 36.6 Å². The van der Waals surface area contributed by atoms with Gasteiger partial charge in [-0.15, -0.1) is 0 Å². The highest BCUT2D eigenvalue weighted by atomic mass is 35.5. The van der Waals surface area contributed by atoms with Gasteiger partial charge in [-0.3, -0.25) is 4.68 Å². The molecule has 2 aromatic rings. The molecular formula is C14H17ClN2O. The van der Waals surface area contributed by atoms with Crippen molar-refractivity contribution in [2.24, 2.45) is 0 Å². The van der Waals surface area contributed by atoms with E-state index in [1.165, 1.54) is 0 Å². The van der Waals surface area contributed by atoms with Gasteiger partial charge in [0.05, 0.1) is 12.3 Å². The predicted molar refractivity (Wildman–Crippen MR) is 72.8 cm³/mol. The Hall–Kier alpha value is -1.32. The van der Waals surface area contributed by atoms with E-state index in [2.05, 4.69) is 5.10 Å². The molecule has 0 saturated carbocycles. The van der Waals surface area contributed by atoms with Crippen LogP contribution in [-0.2, 0) is 13.0 Å². The summed E-state index contributed by atoms with van der Waals surface area (Å²) in [4.78, 5) is 0. The van der Waals surface area contributed by atoms with E-state index in [0.29, 0.717) is 11.4 Å². The average molecular weight is 265 g/mol. The fraction of sp³-hybridized carbons (Fsp3) is 0.357. The number of aromatic nitrogens is 2. The van der Waals surface area contributed by atoms with Gasteiger partial charge in [0.2, 0.25) is 0 Å². The molecule has 0 fully saturated rings. The lowest BCUT2D eigenvalue weighted by atomic mass is 10.0. The van der Waals surface area contributed by atoms with Crippen molar-refractivity contribution in [3.63, 3.8) is 0 Å². The number of aliphatic hydroxyl groups excluding tert-OH is 1. The van der Waals surface area contributed by atoms with E-state index in [4.69, 9.17) is 11.6 Å². The number of hydrogen-bond acceptors (Lipinski definition) is 2. The largest absolute Gasteiger partial charge is 0.388 e. The van der Waals surface area contributed by atoms with Crippen molar-refractivity contribution in [2.75, 3.05) is 0 Å². The summed E-state index contributed by atoms with van der Waals surface area (Å²) in [5.41, 5.74) is 2.89. The van der Waals surface area contributed by atoms with Crippen molar-refractivity contribution in [3.05, 3.63) is 52.3 Å². The fourth-order valence-corrected chi connectivity index (χ4v) is 2.03. The molecule has 2 rings (SSSR count). The first kappa shape index (κ1) is 13.1. The highest BCUT2D eigenvalue weighted by molar-refractivity contribution is 6.31. The van der Waals surface area contributed by atoms with E-state index in [-0.39, 0.29) is 0 Å². The third-order valence-electron chi connectivity index (χ3n) is 3.02. The lowest BCUT2D eigenvalue weighted by Gasteiger charge is -2.11. The maximum Gasteiger partial charge on any atom is 0.0832 e. The van der Waals surface area contributed by atoms with Crippen LogP contribution in [0.1, 0.15) is 29.7 Å². The first-order chi connectivity index (χ1) is 8.60. The van der Waals surface area contributed by atoms with Crippen molar-refractivity contribution in [1.82, 2.24) is 9.78 Å². The van der Waals surface area contributed by atoms with E-state index in [1.807, 2.05) is 42.9 Å². The number of aryl methyl sites for hydroxylation is 2. The molecule has 1 unspecified atom stereocenters. The van der Waals surface area contributed by atoms with Crippen LogP contribution in [0.3, 0.4) is 0 Å². The molecule has 1 heterocycles. The second kappa shape index (κ2) is 5.55. The highest BCUT2D eigenvalue weighted by Crippen LogP contribution is 2.23. The Labute approximate surface area is 112 Å². The Kier molecular flexibility index (Phi) is 4.04. The minimum absolute atomic E-state index is 0.544. The van der Waals surface area contributed by atoms with Gasteiger partial charge in [0, 0.05) is 24.2 Å². The summed E-state index contributed by atoms with van der Waals surface area (Å²) >= 11 is 6.06. The maximum absolute atomic E-state index is 10.2. The number of halogens is 1. The third-order valence-corrected chi connectivity index (χ3v) is 3.43. The second-order valence-corrected chi connectivity index (χ2v) is 4.84. The van der Waals surface area contributed by atoms with Crippen LogP contribution in [0.2, 0.25) is 5.02 Å². The quantitative estimate of drug-likeness (QED) is 0.921. The third kappa shape index (κ3) is 2.92. The van der Waals surface area contributed by atoms with Crippen LogP contribution in [0.25, 0.3) is 0 Å². The standard InChI is InChI=1S/C14H17ClN2O/c1-3-17-9-11(8-16-17)6-14(18)12-5-4-10(2)13(15)7-12/h4-5,7-9,14,18H,3,6H2,1-2H3. The zero-order chi connectivity index (χ0) is 13.1. The van der Waals surface area contributed by atoms with Crippen LogP contribution in [0.5, 0.6) is 0 Å². The van der Waals surface area contributed by atoms with Gasteiger partial charge in [-0.2, -0.15) is 5.10 Å². The molecule has 0 bridgehead atoms. The average Bonchev–Trinajstić information content (AvgIpc) is 2.80. The summed E-state index contributed by atoms with van der Waals surface area (Å²) in [7, 11) is 0. The lowest BCUT2D eigenvalue weighted by Crippen LogP contribution is -2.01. The zero-order valence-electron chi connectivity index (χ0n) is 10.6. The molecule has 0 spiro atoms. The smallest absolute Gasteiger partial charge is 0.0832 e. The molecule has 0 saturated heterocycles. The molecule has 0 amide bonds. The number of hydrogen-bond donors (Lipinski definition) is 1. The Morgan fingerprint density at radius 3 is 2.83 bits per heavy atom. The van der Waals surface area contributed by atoms with Crippen LogP contribution in [0, 0.1) is 6.92 Å². The van der Waals surface area contributed by atoms with Gasteiger partial charge in [-0.1, -0.05) is 23.7 Å². The Bertz CT molecular complexity index is 536. The van der Waals surface area contributed by atoms with Crippen molar-refractivity contribution >= 4 is 11.6 Å². The van der Waals surface area contributed by atoms with E-state index in [1.54, 1.807) is 6.20 Å². The minimum Gasteiger partial charge on any atom is -0.388 e. The second-order valence-electron chi connectivity index (χ2n) is 4.43. The van der Waals surface area contributed by atoms with E-state index in [9.17, 15) is 5.11 Å². The first-order valence-corrected chi connectivity index (χ1v) is 6.43. The Morgan fingerprint density at radius 2 is 2.22 bits per heavy atom. The zero-order valence-corrected chi connectivity index (χ0v) is 11.4. The van der Waals surface area contributed by atoms with Gasteiger partial charge < -0.3 is 5.11 Å². The molecule has 0 aliphatic carbocycles. The highest BCUT2D eigenvalue weighted by Gasteiger charge is 2.11. The van der Waals surface area contributed by atoms with Crippen LogP contribution in [0.4, 0.5) is 0 Å². The predicted octanol–water partition coefficient (Wildman–Crippen LogP) is 3.14. The first-order valence-electron chi connectivity index (χ1n) is 6.05. The van der Waals surface area contributed by atoms with Crippen LogP contribution < -0.4 is 0 Å². The summed E-state index contributed by atoms with van der Waals surface area (Å²) in [6.07, 6.45) is 3.76. The molecule has 0 aliphatic heterocycles. The molecular weight excluding hydrogens is 248 g/mol. The lowest BCUT2D eigenvalue weighted by molar-refractivity contribution is 0.178. The SMILES string of the molecule is CCn1cc(CC(O)c2ccc(C)c(Cl)c2)cn1. The van der Waals surface area contributed by atoms with Crippen LogP contribution >= 0.6 is 11.6 Å². The molecule has 3 nitrogen and oxygen atoms in total. The fourth-order valence-electron chi connectivity index (χ4n) is 1.84. The Morgan fingerprint density at radius 1 is 1.44 bits per heavy atom. The van der Waals surface area contributed by atoms with Crippen LogP contribution in [0.15, 0.2) is 30.6 Å². The number of aliphatic hydroxyl groups is 1. The van der Waals surface area contributed by atoms with Crippen LogP contribution in [-0.4, -0.2) is 14.9 Å². The minimum atomic E-state index is -0.544. The van der Waals surface area contributed by atoms with Gasteiger partial charge in [0.25, 0.3) is 0 Å². The van der Waals surface area contributed by atoms with Crippen molar-refractivity contribution in [2.45, 2.75) is 32.9 Å². The molecule has 0 aliphatic rings. The van der Waals surface area contributed by atoms with E-state index in [0.717, 1.165) is 23.2 Å². The van der Waals surface area contributed by atoms with Gasteiger partial charge >= 0.3 is 0 Å². The van der Waals surface area contributed by atoms with E-state index < -0.39 is 6.10 Å². The topological polar surface area (TPSA) is 38.0 Å². The van der Waals surface area contributed by atoms with Gasteiger partial charge in [0.1, 0.15) is 0 Å². The molecule has 1 aromatic carbocycles. The van der Waals surface area contributed by atoms with Crippen molar-refractivity contribution < 1.29 is 5.11 Å². The van der Waals surface area contributed by atoms with Gasteiger partial charge in [-0.25, -0.2) is 0 Å². The summed E-state index contributed by atoms with van der Waals surface area (Å²) in [5.74, 6) is 0. The number of rotatable bonds is 4. The molecule has 4 heteroatoms. The molecule has 0 radical (unpaired) electrons. The molecule has 96 valence electrons. The number of benzene rings is 1. The summed E-state index contributed by atoms with van der Waals surface area (Å²) in [5, 5.41) is 15.1. The molecule has 1 N–H and O–H groups in total. The molecule has 18 heavy (non-hydrogen) atoms. The van der Waals surface area contributed by atoms with Crippen molar-refractivity contribution in [3.8, 4) is 0 Å².